The van der Waals surface area contributed by atoms with Gasteiger partial charge in [0.1, 0.15) is 11.4 Å². The van der Waals surface area contributed by atoms with Gasteiger partial charge in [0.15, 0.2) is 0 Å². The summed E-state index contributed by atoms with van der Waals surface area (Å²) in [4.78, 5) is 6.71. The molecule has 2 N–H and O–H groups in total. The highest BCUT2D eigenvalue weighted by molar-refractivity contribution is 5.55. The molecule has 1 aromatic rings. The van der Waals surface area contributed by atoms with Crippen molar-refractivity contribution in [2.45, 2.75) is 51.9 Å². The Labute approximate surface area is 121 Å². The molecule has 2 atom stereocenters. The van der Waals surface area contributed by atoms with Crippen LogP contribution in [0.5, 0.6) is 5.88 Å². The third kappa shape index (κ3) is 3.33. The number of anilines is 2. The van der Waals surface area contributed by atoms with Crippen LogP contribution in [0, 0.1) is 0 Å². The molecule has 1 aliphatic heterocycles. The van der Waals surface area contributed by atoms with Gasteiger partial charge in [0.2, 0.25) is 5.88 Å². The van der Waals surface area contributed by atoms with Gasteiger partial charge in [-0.15, -0.1) is 0 Å². The normalized spacial score (nSPS) is 22.9. The quantitative estimate of drug-likeness (QED) is 0.921. The van der Waals surface area contributed by atoms with Crippen LogP contribution in [0.25, 0.3) is 0 Å². The van der Waals surface area contributed by atoms with Crippen molar-refractivity contribution < 1.29 is 9.47 Å². The van der Waals surface area contributed by atoms with Crippen LogP contribution in [0.15, 0.2) is 12.1 Å². The molecule has 5 nitrogen and oxygen atoms in total. The molecular weight excluding hydrogens is 254 g/mol. The lowest BCUT2D eigenvalue weighted by Gasteiger charge is -2.29. The maximum Gasteiger partial charge on any atom is 0.239 e. The molecule has 0 bridgehead atoms. The number of rotatable bonds is 3. The second-order valence-corrected chi connectivity index (χ2v) is 6.32. The Morgan fingerprint density at radius 2 is 2.10 bits per heavy atom. The number of pyridine rings is 1. The number of hydrogen-bond donors (Lipinski definition) is 1. The van der Waals surface area contributed by atoms with E-state index in [2.05, 4.69) is 16.8 Å². The Morgan fingerprint density at radius 1 is 1.40 bits per heavy atom. The molecule has 0 aromatic carbocycles. The molecule has 1 aromatic heterocycles. The van der Waals surface area contributed by atoms with E-state index >= 15 is 0 Å². The second-order valence-electron chi connectivity index (χ2n) is 6.32. The lowest BCUT2D eigenvalue weighted by Crippen LogP contribution is -2.37. The fraction of sp³-hybridized carbons (Fsp3) is 0.667. The highest BCUT2D eigenvalue weighted by Crippen LogP contribution is 2.29. The fourth-order valence-corrected chi connectivity index (χ4v) is 2.41. The minimum atomic E-state index is -0.317. The average Bonchev–Trinajstić information content (AvgIpc) is 2.76. The van der Waals surface area contributed by atoms with Gasteiger partial charge in [0.25, 0.3) is 0 Å². The molecule has 1 saturated heterocycles. The molecule has 112 valence electrons. The predicted molar refractivity (Wildman–Crippen MR) is 81.3 cm³/mol. The first-order valence-electron chi connectivity index (χ1n) is 7.08. The van der Waals surface area contributed by atoms with Crippen LogP contribution in [0.2, 0.25) is 0 Å². The molecule has 0 saturated carbocycles. The highest BCUT2D eigenvalue weighted by Gasteiger charge is 2.29. The predicted octanol–water partition coefficient (Wildman–Crippen LogP) is 2.45. The van der Waals surface area contributed by atoms with Gasteiger partial charge >= 0.3 is 0 Å². The summed E-state index contributed by atoms with van der Waals surface area (Å²) >= 11 is 0. The monoisotopic (exact) mass is 279 g/mol. The van der Waals surface area contributed by atoms with Gasteiger partial charge in [-0.2, -0.15) is 4.98 Å². The van der Waals surface area contributed by atoms with Crippen molar-refractivity contribution in [2.75, 3.05) is 24.3 Å². The third-order valence-electron chi connectivity index (χ3n) is 3.47. The number of nitrogens with two attached hydrogens (primary N) is 1. The molecule has 2 heterocycles. The number of nitrogens with zero attached hydrogens (tertiary/aromatic N) is 2. The lowest BCUT2D eigenvalue weighted by atomic mass is 10.1. The summed E-state index contributed by atoms with van der Waals surface area (Å²) in [5, 5.41) is 0. The Balaban J connectivity index is 2.22. The number of aromatic nitrogens is 1. The molecule has 2 unspecified atom stereocenters. The van der Waals surface area contributed by atoms with E-state index in [4.69, 9.17) is 15.2 Å². The zero-order valence-electron chi connectivity index (χ0n) is 13.0. The summed E-state index contributed by atoms with van der Waals surface area (Å²) in [5.74, 6) is 1.36. The topological polar surface area (TPSA) is 60.6 Å². The molecular formula is C15H25N3O2. The summed E-state index contributed by atoms with van der Waals surface area (Å²) in [5.41, 5.74) is 6.19. The molecule has 0 spiro atoms. The van der Waals surface area contributed by atoms with Crippen LogP contribution < -0.4 is 15.4 Å². The van der Waals surface area contributed by atoms with Crippen LogP contribution in [-0.2, 0) is 4.74 Å². The van der Waals surface area contributed by atoms with Crippen molar-refractivity contribution >= 4 is 11.5 Å². The molecule has 2 rings (SSSR count). The van der Waals surface area contributed by atoms with E-state index in [0.29, 0.717) is 17.6 Å². The summed E-state index contributed by atoms with van der Waals surface area (Å²) in [6, 6.07) is 4.12. The van der Waals surface area contributed by atoms with Crippen molar-refractivity contribution in [1.82, 2.24) is 4.98 Å². The van der Waals surface area contributed by atoms with Crippen molar-refractivity contribution in [3.8, 4) is 5.88 Å². The van der Waals surface area contributed by atoms with Crippen LogP contribution >= 0.6 is 0 Å². The lowest BCUT2D eigenvalue weighted by molar-refractivity contribution is 0.117. The second kappa shape index (κ2) is 5.48. The van der Waals surface area contributed by atoms with E-state index in [1.807, 2.05) is 40.0 Å². The first-order valence-corrected chi connectivity index (χ1v) is 7.08. The van der Waals surface area contributed by atoms with Gasteiger partial charge in [-0.3, -0.25) is 0 Å². The molecule has 1 fully saturated rings. The number of ether oxygens (including phenoxy) is 2. The SMILES string of the molecule is CC1OCCC1N(C)c1ccc(N)c(OC(C)(C)C)n1. The van der Waals surface area contributed by atoms with E-state index in [-0.39, 0.29) is 11.7 Å². The molecule has 5 heteroatoms. The van der Waals surface area contributed by atoms with E-state index in [9.17, 15) is 0 Å². The summed E-state index contributed by atoms with van der Waals surface area (Å²) < 4.78 is 11.4. The van der Waals surface area contributed by atoms with Crippen molar-refractivity contribution in [3.05, 3.63) is 12.1 Å². The van der Waals surface area contributed by atoms with Gasteiger partial charge in [0, 0.05) is 13.7 Å². The van der Waals surface area contributed by atoms with Crippen LogP contribution in [0.1, 0.15) is 34.1 Å². The van der Waals surface area contributed by atoms with Crippen LogP contribution in [0.4, 0.5) is 11.5 Å². The van der Waals surface area contributed by atoms with E-state index < -0.39 is 0 Å². The van der Waals surface area contributed by atoms with Gasteiger partial charge in [0.05, 0.1) is 17.8 Å². The first kappa shape index (κ1) is 14.9. The Kier molecular flexibility index (Phi) is 4.09. The standard InChI is InChI=1S/C15H25N3O2/c1-10-12(8-9-19-10)18(5)13-7-6-11(16)14(17-13)20-15(2,3)4/h6-7,10,12H,8-9,16H2,1-5H3. The number of likely N-dealkylation sites (N-methyl/N-ethyl adjacent to an activating group) is 1. The first-order chi connectivity index (χ1) is 9.28. The molecule has 0 radical (unpaired) electrons. The van der Waals surface area contributed by atoms with E-state index in [1.165, 1.54) is 0 Å². The van der Waals surface area contributed by atoms with Crippen molar-refractivity contribution in [2.24, 2.45) is 0 Å². The van der Waals surface area contributed by atoms with Gasteiger partial charge in [-0.1, -0.05) is 0 Å². The number of nitrogen functional groups attached to an aromatic ring is 1. The van der Waals surface area contributed by atoms with Crippen LogP contribution in [0.3, 0.4) is 0 Å². The van der Waals surface area contributed by atoms with Crippen molar-refractivity contribution in [3.63, 3.8) is 0 Å². The Morgan fingerprint density at radius 3 is 2.65 bits per heavy atom. The zero-order chi connectivity index (χ0) is 14.9. The smallest absolute Gasteiger partial charge is 0.239 e. The molecule has 1 aliphatic rings. The fourth-order valence-electron chi connectivity index (χ4n) is 2.41. The summed E-state index contributed by atoms with van der Waals surface area (Å²) in [6.45, 7) is 8.85. The Hall–Kier alpha value is -1.49. The van der Waals surface area contributed by atoms with Gasteiger partial charge in [-0.25, -0.2) is 0 Å². The zero-order valence-corrected chi connectivity index (χ0v) is 13.0. The molecule has 0 aliphatic carbocycles. The van der Waals surface area contributed by atoms with Crippen LogP contribution in [-0.4, -0.2) is 36.4 Å². The average molecular weight is 279 g/mol. The minimum absolute atomic E-state index is 0.214. The minimum Gasteiger partial charge on any atom is -0.470 e. The largest absolute Gasteiger partial charge is 0.470 e. The maximum atomic E-state index is 5.95. The molecule has 20 heavy (non-hydrogen) atoms. The maximum absolute atomic E-state index is 5.95. The number of hydrogen-bond acceptors (Lipinski definition) is 5. The van der Waals surface area contributed by atoms with Gasteiger partial charge in [-0.05, 0) is 46.2 Å². The van der Waals surface area contributed by atoms with Crippen molar-refractivity contribution in [1.29, 1.82) is 0 Å². The van der Waals surface area contributed by atoms with E-state index in [1.54, 1.807) is 0 Å². The summed E-state index contributed by atoms with van der Waals surface area (Å²) in [7, 11) is 2.04. The third-order valence-corrected chi connectivity index (χ3v) is 3.47. The molecule has 0 amide bonds. The van der Waals surface area contributed by atoms with E-state index in [0.717, 1.165) is 18.8 Å². The highest BCUT2D eigenvalue weighted by atomic mass is 16.5. The summed E-state index contributed by atoms with van der Waals surface area (Å²) in [6.07, 6.45) is 1.23. The Bertz CT molecular complexity index is 471. The van der Waals surface area contributed by atoms with Gasteiger partial charge < -0.3 is 20.1 Å².